The smallest absolute Gasteiger partial charge is 0.0598 e. The van der Waals surface area contributed by atoms with Crippen LogP contribution in [0.5, 0.6) is 0 Å². The van der Waals surface area contributed by atoms with Crippen LogP contribution in [0, 0.1) is 0 Å². The topological polar surface area (TPSA) is 0 Å². The molecule has 0 aliphatic carbocycles. The monoisotopic (exact) mass is 738 g/mol. The Hall–Kier alpha value is -3.87. The quantitative estimate of drug-likeness (QED) is 0.194. The SMILES string of the molecule is CCc1ccc2c(c1)[cH-]c1cc(CC)ccc12.[Cl-].[Cl-].[Zr+2]=[C](c1ccccc1)c1ccccc1.c1ccc(-c2cccc3cc[cH-]c23)cc1. The minimum atomic E-state index is 0. The summed E-state index contributed by atoms with van der Waals surface area (Å²) < 4.78 is 1.42. The Bertz CT molecular complexity index is 2080. The zero-order chi connectivity index (χ0) is 31.7. The van der Waals surface area contributed by atoms with Gasteiger partial charge in [0.2, 0.25) is 0 Å². The van der Waals surface area contributed by atoms with E-state index in [2.05, 4.69) is 184 Å². The molecular weight excluding hydrogens is 703 g/mol. The third-order valence-corrected chi connectivity index (χ3v) is 9.96. The van der Waals surface area contributed by atoms with Gasteiger partial charge in [0.1, 0.15) is 0 Å². The molecule has 0 saturated heterocycles. The van der Waals surface area contributed by atoms with Crippen LogP contribution in [0.4, 0.5) is 0 Å². The maximum atomic E-state index is 2.32. The van der Waals surface area contributed by atoms with Crippen molar-refractivity contribution in [3.05, 3.63) is 192 Å². The van der Waals surface area contributed by atoms with Gasteiger partial charge in [-0.05, 0) is 12.8 Å². The summed E-state index contributed by atoms with van der Waals surface area (Å²) in [7, 11) is 0. The van der Waals surface area contributed by atoms with Gasteiger partial charge in [0.15, 0.2) is 0 Å². The van der Waals surface area contributed by atoms with E-state index in [0.717, 1.165) is 12.8 Å². The third-order valence-electron chi connectivity index (χ3n) is 8.54. The Kier molecular flexibility index (Phi) is 13.9. The molecule has 3 heteroatoms. The van der Waals surface area contributed by atoms with Crippen molar-refractivity contribution in [3.63, 3.8) is 0 Å². The Balaban J connectivity index is 0.000000160. The number of hydrogen-bond acceptors (Lipinski definition) is 0. The van der Waals surface area contributed by atoms with Crippen molar-refractivity contribution in [1.29, 1.82) is 0 Å². The number of fused-ring (bicyclic) bond motifs is 4. The van der Waals surface area contributed by atoms with Crippen molar-refractivity contribution in [1.82, 2.24) is 0 Å². The van der Waals surface area contributed by atoms with Crippen LogP contribution in [0.1, 0.15) is 36.1 Å². The van der Waals surface area contributed by atoms with E-state index in [1.54, 1.807) is 0 Å². The molecule has 0 heterocycles. The van der Waals surface area contributed by atoms with E-state index in [4.69, 9.17) is 0 Å². The van der Waals surface area contributed by atoms with Crippen LogP contribution in [-0.2, 0) is 37.1 Å². The molecule has 0 fully saturated rings. The van der Waals surface area contributed by atoms with Crippen LogP contribution in [0.3, 0.4) is 0 Å². The first-order valence-corrected chi connectivity index (χ1v) is 17.4. The van der Waals surface area contributed by atoms with Crippen LogP contribution in [0.25, 0.3) is 43.4 Å². The second-order valence-corrected chi connectivity index (χ2v) is 12.7. The molecule has 48 heavy (non-hydrogen) atoms. The molecule has 0 aliphatic heterocycles. The van der Waals surface area contributed by atoms with Gasteiger partial charge in [-0.2, -0.15) is 12.1 Å². The predicted octanol–water partition coefficient (Wildman–Crippen LogP) is 5.87. The first kappa shape index (κ1) is 37.0. The molecule has 0 amide bonds. The predicted molar refractivity (Wildman–Crippen MR) is 197 cm³/mol. The molecule has 238 valence electrons. The molecule has 0 aliphatic rings. The molecule has 0 saturated carbocycles. The Morgan fingerprint density at radius 3 is 1.54 bits per heavy atom. The molecule has 0 spiro atoms. The van der Waals surface area contributed by atoms with Crippen LogP contribution in [0.15, 0.2) is 170 Å². The second kappa shape index (κ2) is 18.0. The summed E-state index contributed by atoms with van der Waals surface area (Å²) in [4.78, 5) is 0. The average molecular weight is 741 g/mol. The molecule has 8 aromatic carbocycles. The van der Waals surface area contributed by atoms with Crippen LogP contribution in [0.2, 0.25) is 0 Å². The van der Waals surface area contributed by atoms with Crippen LogP contribution in [-0.4, -0.2) is 3.21 Å². The summed E-state index contributed by atoms with van der Waals surface area (Å²) in [6, 6.07) is 60.5. The number of benzene rings is 6. The van der Waals surface area contributed by atoms with Gasteiger partial charge in [-0.25, -0.2) is 0 Å². The molecule has 0 aromatic heterocycles. The summed E-state index contributed by atoms with van der Waals surface area (Å²) in [5, 5.41) is 8.19. The number of hydrogen-bond donors (Lipinski definition) is 0. The standard InChI is InChI=1S/C17H17.C15H11.C13H10.2ClH.Zr/c1-3-12-5-7-16-14(9-12)11-15-10-13(4-2)6-8-17(15)16;1-2-6-12(7-3-1)14-10-4-8-13-9-5-11-15(13)14;1-3-7-12(8-4-1)11-13-9-5-2-6-10-13;;;/h5-11H,3-4H2,1-2H3;1-11H;1-10H;2*1H;/q2*-1;;;;+2/p-2. The van der Waals surface area contributed by atoms with Gasteiger partial charge in [-0.3, -0.25) is 0 Å². The fraction of sp³-hybridized carbons (Fsp3) is 0.0889. The molecule has 8 aromatic rings. The zero-order valence-corrected chi connectivity index (χ0v) is 31.3. The Morgan fingerprint density at radius 1 is 0.542 bits per heavy atom. The van der Waals surface area contributed by atoms with Gasteiger partial charge < -0.3 is 24.8 Å². The van der Waals surface area contributed by atoms with Crippen molar-refractivity contribution in [2.45, 2.75) is 26.7 Å². The first-order chi connectivity index (χ1) is 22.6. The van der Waals surface area contributed by atoms with E-state index in [-0.39, 0.29) is 24.8 Å². The van der Waals surface area contributed by atoms with Gasteiger partial charge in [0, 0.05) is 0 Å². The molecule has 0 N–H and O–H groups in total. The third kappa shape index (κ3) is 8.77. The number of aryl methyl sites for hydroxylation is 2. The van der Waals surface area contributed by atoms with Gasteiger partial charge >= 0.3 is 99.2 Å². The molecular formula is C45H38Cl2Zr-2. The van der Waals surface area contributed by atoms with Gasteiger partial charge in [-0.1, -0.05) is 103 Å². The molecule has 0 bridgehead atoms. The summed E-state index contributed by atoms with van der Waals surface area (Å²) >= 11 is 1.46. The van der Waals surface area contributed by atoms with Gasteiger partial charge in [0.25, 0.3) is 0 Å². The zero-order valence-electron chi connectivity index (χ0n) is 27.3. The second-order valence-electron chi connectivity index (χ2n) is 11.5. The maximum absolute atomic E-state index is 2.32. The molecule has 0 radical (unpaired) electrons. The Labute approximate surface area is 312 Å². The normalized spacial score (nSPS) is 10.2. The molecule has 8 rings (SSSR count). The fourth-order valence-corrected chi connectivity index (χ4v) is 6.79. The van der Waals surface area contributed by atoms with E-state index in [9.17, 15) is 0 Å². The van der Waals surface area contributed by atoms with E-state index in [0.29, 0.717) is 0 Å². The van der Waals surface area contributed by atoms with Gasteiger partial charge in [-0.15, -0.1) is 62.6 Å². The minimum absolute atomic E-state index is 0. The molecule has 0 nitrogen and oxygen atoms in total. The Morgan fingerprint density at radius 2 is 1.04 bits per heavy atom. The van der Waals surface area contributed by atoms with E-state index < -0.39 is 0 Å². The van der Waals surface area contributed by atoms with Crippen molar-refractivity contribution in [2.24, 2.45) is 0 Å². The summed E-state index contributed by atoms with van der Waals surface area (Å²) in [6.07, 6.45) is 2.22. The average Bonchev–Trinajstić information content (AvgIpc) is 3.77. The number of halogens is 2. The van der Waals surface area contributed by atoms with E-state index >= 15 is 0 Å². The fourth-order valence-electron chi connectivity index (χ4n) is 5.97. The first-order valence-electron chi connectivity index (χ1n) is 16.1. The molecule has 0 unspecified atom stereocenters. The minimum Gasteiger partial charge on any atom is -0.168 e. The summed E-state index contributed by atoms with van der Waals surface area (Å²) in [5.74, 6) is 0. The number of rotatable bonds is 5. The maximum Gasteiger partial charge on any atom is -0.0598 e. The van der Waals surface area contributed by atoms with Crippen molar-refractivity contribution >= 4 is 35.5 Å². The summed E-state index contributed by atoms with van der Waals surface area (Å²) in [6.45, 7) is 4.41. The van der Waals surface area contributed by atoms with Crippen LogP contribution >= 0.6 is 0 Å². The molecule has 0 atom stereocenters. The largest absolute Gasteiger partial charge is 0.168 e. The van der Waals surface area contributed by atoms with Crippen molar-refractivity contribution < 1.29 is 49.0 Å². The van der Waals surface area contributed by atoms with Gasteiger partial charge in [0.05, 0.1) is 0 Å². The van der Waals surface area contributed by atoms with Crippen molar-refractivity contribution in [2.75, 3.05) is 0 Å². The van der Waals surface area contributed by atoms with Crippen molar-refractivity contribution in [3.8, 4) is 11.1 Å². The van der Waals surface area contributed by atoms with E-state index in [1.807, 2.05) is 0 Å². The summed E-state index contributed by atoms with van der Waals surface area (Å²) in [5.41, 5.74) is 8.10. The van der Waals surface area contributed by atoms with E-state index in [1.165, 1.54) is 93.1 Å². The van der Waals surface area contributed by atoms with Crippen LogP contribution < -0.4 is 24.8 Å².